The third-order valence-corrected chi connectivity index (χ3v) is 1.65. The number of halogens is 4. The highest BCUT2D eigenvalue weighted by atomic mass is 19.4. The third-order valence-electron chi connectivity index (χ3n) is 1.65. The van der Waals surface area contributed by atoms with Crippen molar-refractivity contribution in [2.24, 2.45) is 0 Å². The van der Waals surface area contributed by atoms with Gasteiger partial charge in [-0.25, -0.2) is 4.39 Å². The molecule has 0 atom stereocenters. The summed E-state index contributed by atoms with van der Waals surface area (Å²) in [6, 6.07) is 0.470. The van der Waals surface area contributed by atoms with Gasteiger partial charge in [0.1, 0.15) is 5.82 Å². The molecule has 0 aromatic carbocycles. The Labute approximate surface area is 72.4 Å². The second-order valence-corrected chi connectivity index (χ2v) is 2.69. The van der Waals surface area contributed by atoms with E-state index in [0.717, 1.165) is 0 Å². The number of rotatable bonds is 0. The Hall–Kier alpha value is -1.13. The molecule has 0 aliphatic rings. The molecule has 5 heteroatoms. The first-order valence-electron chi connectivity index (χ1n) is 3.53. The van der Waals surface area contributed by atoms with Crippen LogP contribution in [-0.4, -0.2) is 4.98 Å². The summed E-state index contributed by atoms with van der Waals surface area (Å²) in [5.41, 5.74) is -1.24. The van der Waals surface area contributed by atoms with Crippen molar-refractivity contribution in [3.8, 4) is 0 Å². The fourth-order valence-corrected chi connectivity index (χ4v) is 0.988. The predicted octanol–water partition coefficient (Wildman–Crippen LogP) is 2.86. The largest absolute Gasteiger partial charge is 0.418 e. The molecule has 0 radical (unpaired) electrons. The summed E-state index contributed by atoms with van der Waals surface area (Å²) in [6.45, 7) is 2.53. The first-order chi connectivity index (χ1) is 5.82. The van der Waals surface area contributed by atoms with Crippen LogP contribution in [0.3, 0.4) is 0 Å². The van der Waals surface area contributed by atoms with Crippen LogP contribution in [0.4, 0.5) is 17.6 Å². The van der Waals surface area contributed by atoms with Crippen molar-refractivity contribution < 1.29 is 17.6 Å². The van der Waals surface area contributed by atoms with Crippen LogP contribution < -0.4 is 0 Å². The molecule has 0 aliphatic carbocycles. The van der Waals surface area contributed by atoms with E-state index in [2.05, 4.69) is 4.98 Å². The van der Waals surface area contributed by atoms with Gasteiger partial charge < -0.3 is 0 Å². The minimum Gasteiger partial charge on any atom is -0.255 e. The lowest BCUT2D eigenvalue weighted by atomic mass is 10.2. The van der Waals surface area contributed by atoms with Gasteiger partial charge in [-0.15, -0.1) is 0 Å². The van der Waals surface area contributed by atoms with Crippen molar-refractivity contribution in [2.45, 2.75) is 20.0 Å². The van der Waals surface area contributed by atoms with E-state index in [9.17, 15) is 17.6 Å². The van der Waals surface area contributed by atoms with E-state index in [-0.39, 0.29) is 11.4 Å². The summed E-state index contributed by atoms with van der Waals surface area (Å²) in [6.07, 6.45) is -4.54. The lowest BCUT2D eigenvalue weighted by Gasteiger charge is -2.09. The van der Waals surface area contributed by atoms with E-state index >= 15 is 0 Å². The zero-order chi connectivity index (χ0) is 10.2. The molecule has 0 bridgehead atoms. The normalized spacial score (nSPS) is 11.8. The molecule has 1 aromatic heterocycles. The van der Waals surface area contributed by atoms with Crippen molar-refractivity contribution in [3.63, 3.8) is 0 Å². The molecule has 72 valence electrons. The SMILES string of the molecule is Cc1nc(C)c(C(F)(F)F)cc1F. The van der Waals surface area contributed by atoms with E-state index in [1.54, 1.807) is 0 Å². The minimum atomic E-state index is -4.54. The molecule has 1 nitrogen and oxygen atoms in total. The number of pyridine rings is 1. The van der Waals surface area contributed by atoms with Crippen LogP contribution in [0.25, 0.3) is 0 Å². The Bertz CT molecular complexity index is 330. The Morgan fingerprint density at radius 3 is 2.15 bits per heavy atom. The van der Waals surface area contributed by atoms with Gasteiger partial charge in [-0.1, -0.05) is 0 Å². The van der Waals surface area contributed by atoms with Gasteiger partial charge in [-0.2, -0.15) is 13.2 Å². The van der Waals surface area contributed by atoms with Crippen molar-refractivity contribution in [1.29, 1.82) is 0 Å². The fourth-order valence-electron chi connectivity index (χ4n) is 0.988. The average molecular weight is 193 g/mol. The smallest absolute Gasteiger partial charge is 0.255 e. The van der Waals surface area contributed by atoms with Crippen LogP contribution in [0.15, 0.2) is 6.07 Å². The first-order valence-corrected chi connectivity index (χ1v) is 3.53. The van der Waals surface area contributed by atoms with Gasteiger partial charge in [0, 0.05) is 5.69 Å². The molecular formula is C8H7F4N. The molecule has 0 amide bonds. The molecule has 0 spiro atoms. The lowest BCUT2D eigenvalue weighted by Crippen LogP contribution is -2.10. The Morgan fingerprint density at radius 2 is 1.69 bits per heavy atom. The molecular weight excluding hydrogens is 186 g/mol. The van der Waals surface area contributed by atoms with Crippen LogP contribution >= 0.6 is 0 Å². The summed E-state index contributed by atoms with van der Waals surface area (Å²) >= 11 is 0. The number of aryl methyl sites for hydroxylation is 2. The van der Waals surface area contributed by atoms with Crippen LogP contribution in [0.1, 0.15) is 17.0 Å². The van der Waals surface area contributed by atoms with Crippen LogP contribution in [0.5, 0.6) is 0 Å². The predicted molar refractivity (Wildman–Crippen MR) is 38.7 cm³/mol. The standard InChI is InChI=1S/C8H7F4N/c1-4-6(8(10,11)12)3-7(9)5(2)13-4/h3H,1-2H3. The minimum absolute atomic E-state index is 0.0227. The van der Waals surface area contributed by atoms with E-state index in [1.807, 2.05) is 0 Å². The molecule has 13 heavy (non-hydrogen) atoms. The van der Waals surface area contributed by atoms with Gasteiger partial charge >= 0.3 is 6.18 Å². The molecule has 0 unspecified atom stereocenters. The number of nitrogens with zero attached hydrogens (tertiary/aromatic N) is 1. The first kappa shape index (κ1) is 9.95. The summed E-state index contributed by atoms with van der Waals surface area (Å²) < 4.78 is 49.2. The second-order valence-electron chi connectivity index (χ2n) is 2.69. The van der Waals surface area contributed by atoms with Gasteiger partial charge in [0.2, 0.25) is 0 Å². The Kier molecular flexibility index (Phi) is 2.28. The highest BCUT2D eigenvalue weighted by molar-refractivity contribution is 5.25. The summed E-state index contributed by atoms with van der Waals surface area (Å²) in [5, 5.41) is 0. The highest BCUT2D eigenvalue weighted by Crippen LogP contribution is 2.31. The molecule has 1 heterocycles. The maximum atomic E-state index is 12.7. The van der Waals surface area contributed by atoms with Crippen LogP contribution in [0, 0.1) is 19.7 Å². The van der Waals surface area contributed by atoms with E-state index in [0.29, 0.717) is 6.07 Å². The zero-order valence-corrected chi connectivity index (χ0v) is 7.04. The molecule has 0 fully saturated rings. The number of hydrogen-bond acceptors (Lipinski definition) is 1. The Morgan fingerprint density at radius 1 is 1.15 bits per heavy atom. The van der Waals surface area contributed by atoms with Crippen molar-refractivity contribution in [1.82, 2.24) is 4.98 Å². The zero-order valence-electron chi connectivity index (χ0n) is 7.04. The summed E-state index contributed by atoms with van der Waals surface area (Å²) in [5.74, 6) is -0.932. The van der Waals surface area contributed by atoms with Gasteiger partial charge in [-0.3, -0.25) is 4.98 Å². The molecule has 0 aliphatic heterocycles. The second kappa shape index (κ2) is 2.97. The maximum absolute atomic E-state index is 12.7. The lowest BCUT2D eigenvalue weighted by molar-refractivity contribution is -0.138. The quantitative estimate of drug-likeness (QED) is 0.577. The molecule has 0 saturated heterocycles. The molecule has 1 aromatic rings. The van der Waals surface area contributed by atoms with Crippen molar-refractivity contribution in [3.05, 3.63) is 28.8 Å². The maximum Gasteiger partial charge on any atom is 0.418 e. The summed E-state index contributed by atoms with van der Waals surface area (Å²) in [7, 11) is 0. The van der Waals surface area contributed by atoms with Gasteiger partial charge in [0.15, 0.2) is 0 Å². The third kappa shape index (κ3) is 1.96. The van der Waals surface area contributed by atoms with Gasteiger partial charge in [0.25, 0.3) is 0 Å². The average Bonchev–Trinajstić information content (AvgIpc) is 1.94. The van der Waals surface area contributed by atoms with E-state index < -0.39 is 17.6 Å². The van der Waals surface area contributed by atoms with Crippen LogP contribution in [-0.2, 0) is 6.18 Å². The molecule has 0 N–H and O–H groups in total. The monoisotopic (exact) mass is 193 g/mol. The van der Waals surface area contributed by atoms with Crippen LogP contribution in [0.2, 0.25) is 0 Å². The highest BCUT2D eigenvalue weighted by Gasteiger charge is 2.33. The summed E-state index contributed by atoms with van der Waals surface area (Å²) in [4.78, 5) is 3.44. The Balaban J connectivity index is 3.32. The fraction of sp³-hybridized carbons (Fsp3) is 0.375. The van der Waals surface area contributed by atoms with E-state index in [4.69, 9.17) is 0 Å². The molecule has 1 rings (SSSR count). The van der Waals surface area contributed by atoms with Crippen molar-refractivity contribution >= 4 is 0 Å². The molecule has 0 saturated carbocycles. The number of hydrogen-bond donors (Lipinski definition) is 0. The van der Waals surface area contributed by atoms with Gasteiger partial charge in [0.05, 0.1) is 11.3 Å². The topological polar surface area (TPSA) is 12.9 Å². The number of aromatic nitrogens is 1. The number of alkyl halides is 3. The van der Waals surface area contributed by atoms with E-state index in [1.165, 1.54) is 13.8 Å². The van der Waals surface area contributed by atoms with Gasteiger partial charge in [-0.05, 0) is 19.9 Å². The van der Waals surface area contributed by atoms with Crippen molar-refractivity contribution in [2.75, 3.05) is 0 Å².